The highest BCUT2D eigenvalue weighted by atomic mass is 16.5. The number of rotatable bonds is 2. The second kappa shape index (κ2) is 3.79. The van der Waals surface area contributed by atoms with Crippen molar-refractivity contribution in [1.82, 2.24) is 4.90 Å². The Morgan fingerprint density at radius 3 is 2.13 bits per heavy atom. The van der Waals surface area contributed by atoms with E-state index < -0.39 is 11.4 Å². The van der Waals surface area contributed by atoms with Crippen molar-refractivity contribution in [3.05, 3.63) is 0 Å². The third-order valence-electron chi connectivity index (χ3n) is 2.81. The van der Waals surface area contributed by atoms with E-state index in [0.717, 1.165) is 0 Å². The smallest absolute Gasteiger partial charge is 0.324 e. The molecule has 0 saturated carbocycles. The minimum Gasteiger partial charge on any atom is -0.480 e. The summed E-state index contributed by atoms with van der Waals surface area (Å²) in [6.45, 7) is 1.85. The lowest BCUT2D eigenvalue weighted by atomic mass is 9.84. The molecule has 6 nitrogen and oxygen atoms in total. The van der Waals surface area contributed by atoms with Gasteiger partial charge in [0.25, 0.3) is 0 Å². The third-order valence-corrected chi connectivity index (χ3v) is 2.81. The number of carbonyl (C=O) groups is 2. The predicted molar refractivity (Wildman–Crippen MR) is 48.3 cm³/mol. The van der Waals surface area contributed by atoms with E-state index >= 15 is 0 Å². The molecule has 0 bridgehead atoms. The Morgan fingerprint density at radius 1 is 1.13 bits per heavy atom. The van der Waals surface area contributed by atoms with Crippen molar-refractivity contribution >= 4 is 11.9 Å². The van der Waals surface area contributed by atoms with E-state index in [0.29, 0.717) is 26.3 Å². The standard InChI is InChI=1S/C9H13NO5/c11-7(10-1-3-14-4-2-10)9(8(12)13)5-15-6-9/h1-6H2,(H,12,13). The first kappa shape index (κ1) is 10.4. The monoisotopic (exact) mass is 215 g/mol. The van der Waals surface area contributed by atoms with Gasteiger partial charge in [0, 0.05) is 13.1 Å². The van der Waals surface area contributed by atoms with Crippen molar-refractivity contribution in [3.8, 4) is 0 Å². The SMILES string of the molecule is O=C(O)C1(C(=O)N2CCOCC2)COC1. The van der Waals surface area contributed by atoms with Gasteiger partial charge >= 0.3 is 5.97 Å². The summed E-state index contributed by atoms with van der Waals surface area (Å²) in [5.41, 5.74) is -1.34. The minimum absolute atomic E-state index is 0.0154. The van der Waals surface area contributed by atoms with Crippen LogP contribution in [0.1, 0.15) is 0 Å². The van der Waals surface area contributed by atoms with Gasteiger partial charge in [-0.05, 0) is 0 Å². The molecular formula is C9H13NO5. The number of ether oxygens (including phenoxy) is 2. The number of carboxylic acids is 1. The number of carbonyl (C=O) groups excluding carboxylic acids is 1. The van der Waals surface area contributed by atoms with Gasteiger partial charge in [-0.2, -0.15) is 0 Å². The molecule has 0 unspecified atom stereocenters. The Balaban J connectivity index is 2.07. The molecule has 1 N–H and O–H groups in total. The second-order valence-corrected chi connectivity index (χ2v) is 3.78. The Kier molecular flexibility index (Phi) is 2.62. The quantitative estimate of drug-likeness (QED) is 0.594. The molecule has 0 aromatic heterocycles. The first-order valence-corrected chi connectivity index (χ1v) is 4.85. The fraction of sp³-hybridized carbons (Fsp3) is 0.778. The van der Waals surface area contributed by atoms with E-state index in [9.17, 15) is 9.59 Å². The summed E-state index contributed by atoms with van der Waals surface area (Å²) in [4.78, 5) is 24.5. The van der Waals surface area contributed by atoms with Crippen molar-refractivity contribution in [3.63, 3.8) is 0 Å². The fourth-order valence-electron chi connectivity index (χ4n) is 1.71. The number of hydrogen-bond acceptors (Lipinski definition) is 4. The first-order chi connectivity index (χ1) is 7.17. The summed E-state index contributed by atoms with van der Waals surface area (Å²) >= 11 is 0. The summed E-state index contributed by atoms with van der Waals surface area (Å²) in [5.74, 6) is -1.44. The maximum atomic E-state index is 12.0. The van der Waals surface area contributed by atoms with E-state index in [1.807, 2.05) is 0 Å². The van der Waals surface area contributed by atoms with Gasteiger partial charge in [0.2, 0.25) is 5.91 Å². The molecule has 0 radical (unpaired) electrons. The molecular weight excluding hydrogens is 202 g/mol. The minimum atomic E-state index is -1.34. The molecule has 0 atom stereocenters. The highest BCUT2D eigenvalue weighted by Crippen LogP contribution is 2.30. The Labute approximate surface area is 86.8 Å². The number of carboxylic acid groups (broad SMARTS) is 1. The molecule has 2 aliphatic rings. The number of hydrogen-bond donors (Lipinski definition) is 1. The van der Waals surface area contributed by atoms with Gasteiger partial charge in [0.15, 0.2) is 5.41 Å². The lowest BCUT2D eigenvalue weighted by molar-refractivity contribution is -0.193. The lowest BCUT2D eigenvalue weighted by Gasteiger charge is -2.40. The molecule has 0 spiro atoms. The van der Waals surface area contributed by atoms with Gasteiger partial charge < -0.3 is 19.5 Å². The van der Waals surface area contributed by atoms with E-state index in [1.54, 1.807) is 4.90 Å². The van der Waals surface area contributed by atoms with Crippen LogP contribution in [-0.2, 0) is 19.1 Å². The zero-order chi connectivity index (χ0) is 10.9. The highest BCUT2D eigenvalue weighted by molar-refractivity contribution is 6.03. The Hall–Kier alpha value is -1.14. The van der Waals surface area contributed by atoms with Crippen LogP contribution in [0.25, 0.3) is 0 Å². The van der Waals surface area contributed by atoms with Crippen LogP contribution in [0.5, 0.6) is 0 Å². The van der Waals surface area contributed by atoms with Gasteiger partial charge in [-0.15, -0.1) is 0 Å². The molecule has 0 aromatic rings. The first-order valence-electron chi connectivity index (χ1n) is 4.85. The molecule has 0 aliphatic carbocycles. The zero-order valence-corrected chi connectivity index (χ0v) is 8.27. The molecule has 1 amide bonds. The van der Waals surface area contributed by atoms with E-state index in [1.165, 1.54) is 0 Å². The summed E-state index contributed by atoms with van der Waals surface area (Å²) in [6.07, 6.45) is 0. The summed E-state index contributed by atoms with van der Waals surface area (Å²) in [5, 5.41) is 9.03. The van der Waals surface area contributed by atoms with Crippen molar-refractivity contribution < 1.29 is 24.2 Å². The van der Waals surface area contributed by atoms with Gasteiger partial charge in [-0.25, -0.2) is 0 Å². The Bertz CT molecular complexity index is 280. The van der Waals surface area contributed by atoms with Crippen LogP contribution in [0.15, 0.2) is 0 Å². The van der Waals surface area contributed by atoms with Gasteiger partial charge in [-0.1, -0.05) is 0 Å². The van der Waals surface area contributed by atoms with Gasteiger partial charge in [0.05, 0.1) is 26.4 Å². The van der Waals surface area contributed by atoms with Crippen LogP contribution in [0.3, 0.4) is 0 Å². The molecule has 2 heterocycles. The zero-order valence-electron chi connectivity index (χ0n) is 8.27. The van der Waals surface area contributed by atoms with Crippen molar-refractivity contribution in [2.45, 2.75) is 0 Å². The van der Waals surface area contributed by atoms with Crippen molar-refractivity contribution in [2.24, 2.45) is 5.41 Å². The topological polar surface area (TPSA) is 76.1 Å². The third kappa shape index (κ3) is 1.59. The molecule has 15 heavy (non-hydrogen) atoms. The average Bonchev–Trinajstić information content (AvgIpc) is 2.16. The molecule has 2 fully saturated rings. The van der Waals surface area contributed by atoms with Crippen LogP contribution >= 0.6 is 0 Å². The predicted octanol–water partition coefficient (Wildman–Crippen LogP) is -1.05. The van der Waals surface area contributed by atoms with Crippen LogP contribution in [0.4, 0.5) is 0 Å². The molecule has 0 aromatic carbocycles. The van der Waals surface area contributed by atoms with E-state index in [4.69, 9.17) is 14.6 Å². The number of nitrogens with zero attached hydrogens (tertiary/aromatic N) is 1. The maximum Gasteiger partial charge on any atom is 0.324 e. The fourth-order valence-corrected chi connectivity index (χ4v) is 1.71. The lowest BCUT2D eigenvalue weighted by Crippen LogP contribution is -2.61. The van der Waals surface area contributed by atoms with Crippen LogP contribution in [0, 0.1) is 5.41 Å². The molecule has 2 rings (SSSR count). The number of aliphatic carboxylic acids is 1. The maximum absolute atomic E-state index is 12.0. The van der Waals surface area contributed by atoms with Crippen molar-refractivity contribution in [2.75, 3.05) is 39.5 Å². The summed E-state index contributed by atoms with van der Waals surface area (Å²) in [6, 6.07) is 0. The van der Waals surface area contributed by atoms with Crippen molar-refractivity contribution in [1.29, 1.82) is 0 Å². The van der Waals surface area contributed by atoms with E-state index in [-0.39, 0.29) is 19.1 Å². The number of morpholine rings is 1. The van der Waals surface area contributed by atoms with Crippen LogP contribution in [0.2, 0.25) is 0 Å². The normalized spacial score (nSPS) is 24.4. The largest absolute Gasteiger partial charge is 0.480 e. The van der Waals surface area contributed by atoms with E-state index in [2.05, 4.69) is 0 Å². The molecule has 2 aliphatic heterocycles. The van der Waals surface area contributed by atoms with Crippen LogP contribution < -0.4 is 0 Å². The second-order valence-electron chi connectivity index (χ2n) is 3.78. The summed E-state index contributed by atoms with van der Waals surface area (Å²) in [7, 11) is 0. The molecule has 6 heteroatoms. The molecule has 84 valence electrons. The average molecular weight is 215 g/mol. The van der Waals surface area contributed by atoms with Crippen LogP contribution in [-0.4, -0.2) is 61.4 Å². The Morgan fingerprint density at radius 2 is 1.73 bits per heavy atom. The molecule has 2 saturated heterocycles. The van der Waals surface area contributed by atoms with Gasteiger partial charge in [0.1, 0.15) is 0 Å². The van der Waals surface area contributed by atoms with Gasteiger partial charge in [-0.3, -0.25) is 9.59 Å². The highest BCUT2D eigenvalue weighted by Gasteiger charge is 2.54. The summed E-state index contributed by atoms with van der Waals surface area (Å²) < 4.78 is 9.95. The number of amides is 1.